The van der Waals surface area contributed by atoms with Crippen molar-refractivity contribution in [2.24, 2.45) is 5.73 Å². The first kappa shape index (κ1) is 25.2. The number of carbonyl (C=O) groups is 1. The number of hydrogen-bond donors (Lipinski definition) is 2. The van der Waals surface area contributed by atoms with E-state index in [1.807, 2.05) is 60.6 Å². The van der Waals surface area contributed by atoms with Gasteiger partial charge >= 0.3 is 0 Å². The van der Waals surface area contributed by atoms with Gasteiger partial charge in [0, 0.05) is 5.56 Å². The summed E-state index contributed by atoms with van der Waals surface area (Å²) < 4.78 is 10.8. The van der Waals surface area contributed by atoms with Crippen molar-refractivity contribution in [3.8, 4) is 0 Å². The molecule has 156 valence electrons. The molecule has 0 aliphatic heterocycles. The topological polar surface area (TPSA) is 100 Å². The summed E-state index contributed by atoms with van der Waals surface area (Å²) in [5, 5.41) is 0. The zero-order valence-corrected chi connectivity index (χ0v) is 18.7. The van der Waals surface area contributed by atoms with E-state index in [1.54, 1.807) is 14.2 Å². The van der Waals surface area contributed by atoms with E-state index in [1.165, 1.54) is 0 Å². The maximum Gasteiger partial charge on any atom is 0.269 e. The first-order chi connectivity index (χ1) is 13.2. The highest BCUT2D eigenvalue weighted by atomic mass is 16.5. The molecule has 1 heterocycles. The summed E-state index contributed by atoms with van der Waals surface area (Å²) in [6.45, 7) is 13.8. The SMILES string of the molecule is CC.CC/C=C(\OC)c1cc(C(=C(C)C)/C(C)=C(\C)OC)c(N)c(C(N)=O)n1. The number of nitrogens with two attached hydrogens (primary N) is 2. The lowest BCUT2D eigenvalue weighted by Crippen LogP contribution is -2.18. The molecule has 6 heteroatoms. The number of allylic oxidation sites excluding steroid dienone is 5. The molecule has 4 N–H and O–H groups in total. The summed E-state index contributed by atoms with van der Waals surface area (Å²) in [7, 11) is 3.18. The number of amides is 1. The second kappa shape index (κ2) is 11.8. The number of anilines is 1. The van der Waals surface area contributed by atoms with Crippen LogP contribution in [-0.2, 0) is 9.47 Å². The highest BCUT2D eigenvalue weighted by Gasteiger charge is 2.21. The zero-order chi connectivity index (χ0) is 22.0. The van der Waals surface area contributed by atoms with Crippen LogP contribution in [0.5, 0.6) is 0 Å². The molecule has 0 bridgehead atoms. The normalized spacial score (nSPS) is 11.7. The molecule has 0 saturated heterocycles. The molecule has 0 aromatic carbocycles. The molecule has 1 rings (SSSR count). The van der Waals surface area contributed by atoms with Crippen molar-refractivity contribution >= 4 is 22.9 Å². The van der Waals surface area contributed by atoms with Crippen molar-refractivity contribution in [1.82, 2.24) is 4.98 Å². The van der Waals surface area contributed by atoms with Crippen LogP contribution in [0.25, 0.3) is 11.3 Å². The lowest BCUT2D eigenvalue weighted by Gasteiger charge is -2.19. The fourth-order valence-corrected chi connectivity index (χ4v) is 2.73. The molecule has 0 fully saturated rings. The summed E-state index contributed by atoms with van der Waals surface area (Å²) >= 11 is 0. The third-order valence-electron chi connectivity index (χ3n) is 4.13. The first-order valence-corrected chi connectivity index (χ1v) is 9.43. The highest BCUT2D eigenvalue weighted by Crippen LogP contribution is 2.35. The quantitative estimate of drug-likeness (QED) is 0.509. The second-order valence-corrected chi connectivity index (χ2v) is 6.12. The molecule has 0 spiro atoms. The van der Waals surface area contributed by atoms with Crippen LogP contribution in [0, 0.1) is 0 Å². The lowest BCUT2D eigenvalue weighted by molar-refractivity contribution is 0.0996. The molecule has 1 aromatic rings. The largest absolute Gasteiger partial charge is 0.501 e. The fraction of sp³-hybridized carbons (Fsp3) is 0.455. The van der Waals surface area contributed by atoms with Gasteiger partial charge in [0.25, 0.3) is 5.91 Å². The number of nitrogens with zero attached hydrogens (tertiary/aromatic N) is 1. The van der Waals surface area contributed by atoms with Crippen LogP contribution in [-0.4, -0.2) is 25.1 Å². The van der Waals surface area contributed by atoms with Crippen molar-refractivity contribution < 1.29 is 14.3 Å². The predicted molar refractivity (Wildman–Crippen MR) is 117 cm³/mol. The number of ether oxygens (including phenoxy) is 2. The monoisotopic (exact) mass is 389 g/mol. The Morgan fingerprint density at radius 2 is 1.71 bits per heavy atom. The molecule has 0 aliphatic carbocycles. The highest BCUT2D eigenvalue weighted by molar-refractivity contribution is 6.00. The third kappa shape index (κ3) is 5.87. The van der Waals surface area contributed by atoms with Gasteiger partial charge in [-0.3, -0.25) is 4.79 Å². The van der Waals surface area contributed by atoms with E-state index in [0.717, 1.165) is 28.9 Å². The Hall–Kier alpha value is -2.76. The minimum Gasteiger partial charge on any atom is -0.501 e. The Kier molecular flexibility index (Phi) is 10.7. The molecule has 0 saturated carbocycles. The van der Waals surface area contributed by atoms with Gasteiger partial charge in [-0.15, -0.1) is 0 Å². The average Bonchev–Trinajstić information content (AvgIpc) is 2.67. The van der Waals surface area contributed by atoms with Crippen LogP contribution in [0.2, 0.25) is 0 Å². The number of carbonyl (C=O) groups excluding carboxylic acids is 1. The van der Waals surface area contributed by atoms with E-state index in [9.17, 15) is 4.79 Å². The summed E-state index contributed by atoms with van der Waals surface area (Å²) in [6.07, 6.45) is 2.64. The van der Waals surface area contributed by atoms with Gasteiger partial charge in [-0.05, 0) is 57.4 Å². The Labute approximate surface area is 169 Å². The van der Waals surface area contributed by atoms with E-state index >= 15 is 0 Å². The molecule has 28 heavy (non-hydrogen) atoms. The average molecular weight is 390 g/mol. The summed E-state index contributed by atoms with van der Waals surface area (Å²) in [5.74, 6) is 0.640. The van der Waals surface area contributed by atoms with Gasteiger partial charge in [0.05, 0.1) is 25.7 Å². The van der Waals surface area contributed by atoms with Gasteiger partial charge in [-0.2, -0.15) is 0 Å². The third-order valence-corrected chi connectivity index (χ3v) is 4.13. The summed E-state index contributed by atoms with van der Waals surface area (Å²) in [5.41, 5.74) is 16.1. The molecule has 1 amide bonds. The standard InChI is InChI=1S/C20H29N3O3.C2H6/c1-8-9-16(26-7)15-10-14(18(21)19(23-15)20(22)24)17(11(2)3)12(4)13(5)25-6;1-2/h9-10H,8,21H2,1-7H3,(H2,22,24);1-2H3/b13-12+,16-9-;. The van der Waals surface area contributed by atoms with Crippen LogP contribution in [0.3, 0.4) is 0 Å². The molecule has 0 radical (unpaired) electrons. The molecular weight excluding hydrogens is 354 g/mol. The van der Waals surface area contributed by atoms with E-state index in [-0.39, 0.29) is 11.4 Å². The van der Waals surface area contributed by atoms with Crippen LogP contribution < -0.4 is 11.5 Å². The molecule has 0 unspecified atom stereocenters. The van der Waals surface area contributed by atoms with Crippen LogP contribution in [0.15, 0.2) is 29.0 Å². The number of nitrogen functional groups attached to an aromatic ring is 1. The van der Waals surface area contributed by atoms with E-state index in [4.69, 9.17) is 20.9 Å². The van der Waals surface area contributed by atoms with Gasteiger partial charge < -0.3 is 20.9 Å². The van der Waals surface area contributed by atoms with Crippen LogP contribution in [0.1, 0.15) is 76.6 Å². The fourth-order valence-electron chi connectivity index (χ4n) is 2.73. The Morgan fingerprint density at radius 1 is 1.14 bits per heavy atom. The van der Waals surface area contributed by atoms with Gasteiger partial charge in [-0.1, -0.05) is 26.3 Å². The Bertz CT molecular complexity index is 786. The zero-order valence-electron chi connectivity index (χ0n) is 18.7. The van der Waals surface area contributed by atoms with Crippen molar-refractivity contribution in [1.29, 1.82) is 0 Å². The van der Waals surface area contributed by atoms with Crippen LogP contribution in [0.4, 0.5) is 5.69 Å². The molecular formula is C22H35N3O3. The van der Waals surface area contributed by atoms with E-state index < -0.39 is 5.91 Å². The number of hydrogen-bond acceptors (Lipinski definition) is 5. The van der Waals surface area contributed by atoms with Crippen molar-refractivity contribution in [3.63, 3.8) is 0 Å². The predicted octanol–water partition coefficient (Wildman–Crippen LogP) is 4.92. The number of aromatic nitrogens is 1. The van der Waals surface area contributed by atoms with Gasteiger partial charge in [0.15, 0.2) is 5.69 Å². The minimum atomic E-state index is -0.684. The summed E-state index contributed by atoms with van der Waals surface area (Å²) in [6, 6.07) is 1.82. The molecule has 0 atom stereocenters. The van der Waals surface area contributed by atoms with E-state index in [2.05, 4.69) is 4.98 Å². The van der Waals surface area contributed by atoms with Crippen molar-refractivity contribution in [2.75, 3.05) is 20.0 Å². The Morgan fingerprint density at radius 3 is 2.11 bits per heavy atom. The number of rotatable bonds is 7. The summed E-state index contributed by atoms with van der Waals surface area (Å²) in [4.78, 5) is 16.2. The van der Waals surface area contributed by atoms with Crippen molar-refractivity contribution in [2.45, 2.75) is 54.9 Å². The van der Waals surface area contributed by atoms with Crippen LogP contribution >= 0.6 is 0 Å². The smallest absolute Gasteiger partial charge is 0.269 e. The number of primary amides is 1. The maximum absolute atomic E-state index is 11.9. The van der Waals surface area contributed by atoms with Crippen molar-refractivity contribution in [3.05, 3.63) is 46.0 Å². The van der Waals surface area contributed by atoms with Gasteiger partial charge in [0.1, 0.15) is 11.5 Å². The van der Waals surface area contributed by atoms with Gasteiger partial charge in [-0.25, -0.2) is 4.98 Å². The minimum absolute atomic E-state index is 0.0261. The lowest BCUT2D eigenvalue weighted by atomic mass is 9.92. The molecule has 1 aromatic heterocycles. The first-order valence-electron chi connectivity index (χ1n) is 9.43. The molecule has 0 aliphatic rings. The second-order valence-electron chi connectivity index (χ2n) is 6.12. The molecule has 6 nitrogen and oxygen atoms in total. The number of pyridine rings is 1. The van der Waals surface area contributed by atoms with E-state index in [0.29, 0.717) is 17.0 Å². The number of methoxy groups -OCH3 is 2. The van der Waals surface area contributed by atoms with Gasteiger partial charge in [0.2, 0.25) is 0 Å². The Balaban J connectivity index is 0.00000352. The maximum atomic E-state index is 11.9.